The summed E-state index contributed by atoms with van der Waals surface area (Å²) in [6.45, 7) is 4.84. The van der Waals surface area contributed by atoms with E-state index < -0.39 is 0 Å². The van der Waals surface area contributed by atoms with E-state index in [1.165, 1.54) is 66.7 Å². The summed E-state index contributed by atoms with van der Waals surface area (Å²) in [4.78, 5) is 2.47. The molecule has 0 fully saturated rings. The summed E-state index contributed by atoms with van der Waals surface area (Å²) >= 11 is 0. The van der Waals surface area contributed by atoms with Crippen LogP contribution in [-0.4, -0.2) is 10.7 Å². The SMILES string of the molecule is CC1(C)C2=CC(N(C3=CCC4Oc5ccccc5C4=C3)c3ccc4oc5ccccc5c4c3)=CCC2c2ccc(-n3c4ccccc4c4ccccc43)cc21. The zero-order chi connectivity index (χ0) is 36.4. The van der Waals surface area contributed by atoms with Crippen molar-refractivity contribution in [3.63, 3.8) is 0 Å². The van der Waals surface area contributed by atoms with Gasteiger partial charge in [0.2, 0.25) is 0 Å². The van der Waals surface area contributed by atoms with E-state index in [1.54, 1.807) is 0 Å². The van der Waals surface area contributed by atoms with Gasteiger partial charge >= 0.3 is 0 Å². The van der Waals surface area contributed by atoms with Crippen molar-refractivity contribution in [2.75, 3.05) is 4.90 Å². The molecule has 264 valence electrons. The number of ether oxygens (including phenoxy) is 1. The van der Waals surface area contributed by atoms with Gasteiger partial charge in [-0.25, -0.2) is 0 Å². The summed E-state index contributed by atoms with van der Waals surface area (Å²) in [5, 5.41) is 4.84. The van der Waals surface area contributed by atoms with Crippen LogP contribution in [0.4, 0.5) is 5.69 Å². The van der Waals surface area contributed by atoms with Gasteiger partial charge in [0.15, 0.2) is 0 Å². The average Bonchev–Trinajstić information content (AvgIpc) is 3.95. The maximum atomic E-state index is 6.42. The summed E-state index contributed by atoms with van der Waals surface area (Å²) in [6.07, 6.45) is 11.5. The Morgan fingerprint density at radius 3 is 2.16 bits per heavy atom. The molecule has 3 heterocycles. The van der Waals surface area contributed by atoms with E-state index in [9.17, 15) is 0 Å². The first-order chi connectivity index (χ1) is 27.0. The quantitative estimate of drug-likeness (QED) is 0.182. The number of fused-ring (bicyclic) bond motifs is 12. The molecule has 8 aromatic rings. The smallest absolute Gasteiger partial charge is 0.135 e. The molecule has 0 bridgehead atoms. The summed E-state index contributed by atoms with van der Waals surface area (Å²) < 4.78 is 15.1. The molecule has 0 saturated carbocycles. The molecule has 4 aliphatic rings. The largest absolute Gasteiger partial charge is 0.485 e. The van der Waals surface area contributed by atoms with Gasteiger partial charge in [-0.15, -0.1) is 0 Å². The Hall–Kier alpha value is -6.52. The minimum Gasteiger partial charge on any atom is -0.485 e. The Labute approximate surface area is 319 Å². The van der Waals surface area contributed by atoms with E-state index in [0.29, 0.717) is 5.92 Å². The lowest BCUT2D eigenvalue weighted by atomic mass is 9.78. The van der Waals surface area contributed by atoms with Crippen molar-refractivity contribution in [1.29, 1.82) is 0 Å². The van der Waals surface area contributed by atoms with Gasteiger partial charge in [-0.2, -0.15) is 0 Å². The molecule has 2 unspecified atom stereocenters. The van der Waals surface area contributed by atoms with Gasteiger partial charge in [0.1, 0.15) is 23.0 Å². The van der Waals surface area contributed by atoms with E-state index in [2.05, 4.69) is 175 Å². The summed E-state index contributed by atoms with van der Waals surface area (Å²) in [5.74, 6) is 1.31. The summed E-state index contributed by atoms with van der Waals surface area (Å²) in [6, 6.07) is 48.2. The maximum absolute atomic E-state index is 6.42. The molecule has 1 aliphatic heterocycles. The Kier molecular flexibility index (Phi) is 6.32. The Bertz CT molecular complexity index is 3020. The highest BCUT2D eigenvalue weighted by Crippen LogP contribution is 2.55. The van der Waals surface area contributed by atoms with Crippen LogP contribution < -0.4 is 9.64 Å². The molecule has 12 rings (SSSR count). The Balaban J connectivity index is 0.992. The van der Waals surface area contributed by atoms with Gasteiger partial charge in [-0.3, -0.25) is 0 Å². The first-order valence-electron chi connectivity index (χ1n) is 19.5. The minimum absolute atomic E-state index is 0.0402. The van der Waals surface area contributed by atoms with Crippen LogP contribution in [0.2, 0.25) is 0 Å². The molecule has 0 saturated heterocycles. The van der Waals surface area contributed by atoms with Gasteiger partial charge < -0.3 is 18.6 Å². The monoisotopic (exact) mass is 710 g/mol. The van der Waals surface area contributed by atoms with E-state index in [0.717, 1.165) is 46.2 Å². The number of para-hydroxylation sites is 4. The first kappa shape index (κ1) is 30.9. The second-order valence-corrected chi connectivity index (χ2v) is 16.0. The standard InChI is InChI=1S/C51H38N2O2/c1-51(2)43-29-33(19-23-35(43)36-24-20-34(30-44(36)51)53-45-15-7-3-11-37(45)38-12-4-8-16-46(38)53)52(31-21-25-49-41(27-31)39-13-5-9-17-47(39)54-49)32-22-26-50-42(28-32)40-14-6-10-18-48(40)55-50/h3-22,24-25,27-30,35,50H,23,26H2,1-2H3. The fourth-order valence-corrected chi connectivity index (χ4v) is 10.1. The molecule has 3 aliphatic carbocycles. The van der Waals surface area contributed by atoms with Crippen LogP contribution in [0.5, 0.6) is 5.75 Å². The minimum atomic E-state index is -0.159. The van der Waals surface area contributed by atoms with Crippen molar-refractivity contribution in [2.24, 2.45) is 0 Å². The van der Waals surface area contributed by atoms with Gasteiger partial charge in [0.25, 0.3) is 0 Å². The number of anilines is 1. The van der Waals surface area contributed by atoms with Crippen LogP contribution in [-0.2, 0) is 5.41 Å². The van der Waals surface area contributed by atoms with Gasteiger partial charge in [0, 0.05) is 73.2 Å². The van der Waals surface area contributed by atoms with Crippen molar-refractivity contribution in [2.45, 2.75) is 44.1 Å². The zero-order valence-electron chi connectivity index (χ0n) is 30.8. The number of furan rings is 1. The molecule has 6 aromatic carbocycles. The molecule has 4 nitrogen and oxygen atoms in total. The van der Waals surface area contributed by atoms with Gasteiger partial charge in [0.05, 0.1) is 11.0 Å². The Morgan fingerprint density at radius 1 is 0.636 bits per heavy atom. The van der Waals surface area contributed by atoms with Crippen molar-refractivity contribution < 1.29 is 9.15 Å². The van der Waals surface area contributed by atoms with Crippen LogP contribution >= 0.6 is 0 Å². The van der Waals surface area contributed by atoms with Crippen LogP contribution in [0.15, 0.2) is 179 Å². The second-order valence-electron chi connectivity index (χ2n) is 16.0. The number of benzene rings is 6. The highest BCUT2D eigenvalue weighted by Gasteiger charge is 2.43. The molecular formula is C51H38N2O2. The van der Waals surface area contributed by atoms with Gasteiger partial charge in [-0.05, 0) is 84.3 Å². The van der Waals surface area contributed by atoms with Crippen LogP contribution in [0, 0.1) is 0 Å². The van der Waals surface area contributed by atoms with Crippen LogP contribution in [0.1, 0.15) is 49.3 Å². The molecule has 0 radical (unpaired) electrons. The molecule has 4 heteroatoms. The molecule has 0 spiro atoms. The van der Waals surface area contributed by atoms with E-state index in [1.807, 2.05) is 6.07 Å². The number of allylic oxidation sites excluding steroid dienone is 4. The lowest BCUT2D eigenvalue weighted by Gasteiger charge is -2.34. The normalized spacial score (nSPS) is 19.3. The fourth-order valence-electron chi connectivity index (χ4n) is 10.1. The van der Waals surface area contributed by atoms with E-state index in [-0.39, 0.29) is 11.5 Å². The predicted octanol–water partition coefficient (Wildman–Crippen LogP) is 12.9. The van der Waals surface area contributed by atoms with Crippen molar-refractivity contribution in [1.82, 2.24) is 4.57 Å². The third kappa shape index (κ3) is 4.40. The molecule has 0 amide bonds. The highest BCUT2D eigenvalue weighted by molar-refractivity contribution is 6.09. The first-order valence-corrected chi connectivity index (χ1v) is 19.5. The number of rotatable bonds is 4. The van der Waals surface area contributed by atoms with Crippen molar-refractivity contribution in [3.8, 4) is 11.4 Å². The topological polar surface area (TPSA) is 30.5 Å². The molecule has 2 atom stereocenters. The summed E-state index contributed by atoms with van der Waals surface area (Å²) in [5.41, 5.74) is 15.6. The van der Waals surface area contributed by atoms with Crippen molar-refractivity contribution in [3.05, 3.63) is 191 Å². The van der Waals surface area contributed by atoms with E-state index in [4.69, 9.17) is 9.15 Å². The Morgan fingerprint density at radius 2 is 1.33 bits per heavy atom. The third-order valence-corrected chi connectivity index (χ3v) is 12.7. The van der Waals surface area contributed by atoms with Gasteiger partial charge in [-0.1, -0.05) is 110 Å². The zero-order valence-corrected chi connectivity index (χ0v) is 30.8. The number of hydrogen-bond donors (Lipinski definition) is 0. The molecular weight excluding hydrogens is 673 g/mol. The molecule has 55 heavy (non-hydrogen) atoms. The number of hydrogen-bond acceptors (Lipinski definition) is 3. The predicted molar refractivity (Wildman–Crippen MR) is 225 cm³/mol. The van der Waals surface area contributed by atoms with E-state index >= 15 is 0 Å². The third-order valence-electron chi connectivity index (χ3n) is 12.7. The van der Waals surface area contributed by atoms with Crippen LogP contribution in [0.3, 0.4) is 0 Å². The number of aromatic nitrogens is 1. The number of nitrogens with zero attached hydrogens (tertiary/aromatic N) is 2. The maximum Gasteiger partial charge on any atom is 0.135 e. The highest BCUT2D eigenvalue weighted by atomic mass is 16.5. The summed E-state index contributed by atoms with van der Waals surface area (Å²) in [7, 11) is 0. The molecule has 0 N–H and O–H groups in total. The lowest BCUT2D eigenvalue weighted by molar-refractivity contribution is 0.278. The fraction of sp³-hybridized carbons (Fsp3) is 0.137. The second kappa shape index (κ2) is 11.3. The molecule has 2 aromatic heterocycles. The van der Waals surface area contributed by atoms with Crippen LogP contribution in [0.25, 0.3) is 55.0 Å². The van der Waals surface area contributed by atoms with Crippen molar-refractivity contribution >= 4 is 55.0 Å². The lowest BCUT2D eigenvalue weighted by Crippen LogP contribution is -2.27. The average molecular weight is 711 g/mol.